The first-order chi connectivity index (χ1) is 14.8. The Balaban J connectivity index is 1.45. The van der Waals surface area contributed by atoms with E-state index in [0.717, 1.165) is 43.2 Å². The van der Waals surface area contributed by atoms with Crippen LogP contribution in [-0.2, 0) is 26.0 Å². The molecule has 0 unspecified atom stereocenters. The van der Waals surface area contributed by atoms with E-state index in [9.17, 15) is 18.0 Å². The number of nitrogens with one attached hydrogen (secondary N) is 3. The highest BCUT2D eigenvalue weighted by molar-refractivity contribution is 7.89. The number of carbonyl (C=O) groups excluding carboxylic acids is 2. The van der Waals surface area contributed by atoms with Crippen LogP contribution in [0.25, 0.3) is 0 Å². The van der Waals surface area contributed by atoms with E-state index in [1.165, 1.54) is 0 Å². The van der Waals surface area contributed by atoms with Gasteiger partial charge in [-0.25, -0.2) is 13.1 Å². The molecule has 1 aliphatic rings. The Morgan fingerprint density at radius 1 is 0.903 bits per heavy atom. The minimum atomic E-state index is -3.53. The van der Waals surface area contributed by atoms with Gasteiger partial charge in [-0.15, -0.1) is 0 Å². The zero-order valence-corrected chi connectivity index (χ0v) is 18.5. The summed E-state index contributed by atoms with van der Waals surface area (Å²) in [5.41, 5.74) is 2.49. The molecule has 3 rings (SSSR count). The van der Waals surface area contributed by atoms with Crippen molar-refractivity contribution in [2.45, 2.75) is 56.4 Å². The summed E-state index contributed by atoms with van der Waals surface area (Å²) in [5.74, 6) is -1.43. The van der Waals surface area contributed by atoms with E-state index in [0.29, 0.717) is 12.1 Å². The molecule has 0 aliphatic heterocycles. The van der Waals surface area contributed by atoms with Crippen molar-refractivity contribution in [2.75, 3.05) is 11.9 Å². The third-order valence-electron chi connectivity index (χ3n) is 5.38. The molecule has 31 heavy (non-hydrogen) atoms. The predicted octanol–water partition coefficient (Wildman–Crippen LogP) is 2.90. The molecule has 3 N–H and O–H groups in total. The van der Waals surface area contributed by atoms with Crippen LogP contribution in [0.15, 0.2) is 53.4 Å². The fourth-order valence-electron chi connectivity index (χ4n) is 3.57. The highest BCUT2D eigenvalue weighted by atomic mass is 32.2. The van der Waals surface area contributed by atoms with Crippen LogP contribution in [0.1, 0.15) is 43.2 Å². The molecule has 166 valence electrons. The second-order valence-electron chi connectivity index (χ2n) is 7.93. The third kappa shape index (κ3) is 6.90. The highest BCUT2D eigenvalue weighted by Crippen LogP contribution is 2.20. The van der Waals surface area contributed by atoms with Gasteiger partial charge in [-0.1, -0.05) is 49.1 Å². The largest absolute Gasteiger partial charge is 0.347 e. The SMILES string of the molecule is Cc1ccc(NC(=O)C(=O)NCCc2ccc(S(=O)(=O)NC3CCCCC3)cc2)cc1. The van der Waals surface area contributed by atoms with Crippen molar-refractivity contribution in [3.63, 3.8) is 0 Å². The fourth-order valence-corrected chi connectivity index (χ4v) is 4.87. The maximum atomic E-state index is 12.5. The molecule has 0 heterocycles. The van der Waals surface area contributed by atoms with Gasteiger partial charge in [0.05, 0.1) is 4.90 Å². The molecule has 7 nitrogen and oxygen atoms in total. The minimum Gasteiger partial charge on any atom is -0.347 e. The Hall–Kier alpha value is -2.71. The van der Waals surface area contributed by atoms with Gasteiger partial charge in [0.15, 0.2) is 0 Å². The summed E-state index contributed by atoms with van der Waals surface area (Å²) in [7, 11) is -3.53. The molecule has 8 heteroatoms. The van der Waals surface area contributed by atoms with Crippen LogP contribution in [0.2, 0.25) is 0 Å². The van der Waals surface area contributed by atoms with Crippen LogP contribution in [0, 0.1) is 6.92 Å². The second-order valence-corrected chi connectivity index (χ2v) is 9.64. The lowest BCUT2D eigenvalue weighted by Gasteiger charge is -2.22. The van der Waals surface area contributed by atoms with Crippen LogP contribution in [0.5, 0.6) is 0 Å². The molecular formula is C23H29N3O4S. The lowest BCUT2D eigenvalue weighted by Crippen LogP contribution is -2.36. The normalized spacial score (nSPS) is 14.7. The average Bonchev–Trinajstić information content (AvgIpc) is 2.76. The number of rotatable bonds is 7. The average molecular weight is 444 g/mol. The molecule has 0 spiro atoms. The van der Waals surface area contributed by atoms with Crippen LogP contribution in [-0.4, -0.2) is 32.8 Å². The van der Waals surface area contributed by atoms with Gasteiger partial charge in [-0.2, -0.15) is 0 Å². The van der Waals surface area contributed by atoms with E-state index in [1.807, 2.05) is 19.1 Å². The third-order valence-corrected chi connectivity index (χ3v) is 6.91. The van der Waals surface area contributed by atoms with Crippen LogP contribution in [0.4, 0.5) is 5.69 Å². The summed E-state index contributed by atoms with van der Waals surface area (Å²) in [6, 6.07) is 13.8. The van der Waals surface area contributed by atoms with E-state index < -0.39 is 21.8 Å². The number of hydrogen-bond donors (Lipinski definition) is 3. The molecule has 2 amide bonds. The number of carbonyl (C=O) groups is 2. The quantitative estimate of drug-likeness (QED) is 0.572. The molecular weight excluding hydrogens is 414 g/mol. The summed E-state index contributed by atoms with van der Waals surface area (Å²) >= 11 is 0. The van der Waals surface area contributed by atoms with Gasteiger partial charge < -0.3 is 10.6 Å². The van der Waals surface area contributed by atoms with Gasteiger partial charge in [0.2, 0.25) is 10.0 Å². The van der Waals surface area contributed by atoms with Crippen molar-refractivity contribution in [1.82, 2.24) is 10.0 Å². The van der Waals surface area contributed by atoms with E-state index in [2.05, 4.69) is 15.4 Å². The summed E-state index contributed by atoms with van der Waals surface area (Å²) < 4.78 is 27.9. The molecule has 0 aromatic heterocycles. The fraction of sp³-hybridized carbons (Fsp3) is 0.391. The number of hydrogen-bond acceptors (Lipinski definition) is 4. The summed E-state index contributed by atoms with van der Waals surface area (Å²) in [4.78, 5) is 24.2. The second kappa shape index (κ2) is 10.5. The lowest BCUT2D eigenvalue weighted by molar-refractivity contribution is -0.136. The summed E-state index contributed by atoms with van der Waals surface area (Å²) in [6.45, 7) is 2.21. The lowest BCUT2D eigenvalue weighted by atomic mass is 9.96. The maximum Gasteiger partial charge on any atom is 0.313 e. The van der Waals surface area contributed by atoms with Crippen LogP contribution < -0.4 is 15.4 Å². The van der Waals surface area contributed by atoms with Gasteiger partial charge in [0, 0.05) is 18.3 Å². The maximum absolute atomic E-state index is 12.5. The Labute approximate surface area is 183 Å². The molecule has 1 saturated carbocycles. The molecule has 0 bridgehead atoms. The van der Waals surface area contributed by atoms with E-state index >= 15 is 0 Å². The first-order valence-electron chi connectivity index (χ1n) is 10.6. The molecule has 1 fully saturated rings. The molecule has 1 aliphatic carbocycles. The van der Waals surface area contributed by atoms with Crippen molar-refractivity contribution >= 4 is 27.5 Å². The highest BCUT2D eigenvalue weighted by Gasteiger charge is 2.21. The molecule has 2 aromatic carbocycles. The number of anilines is 1. The predicted molar refractivity (Wildman–Crippen MR) is 120 cm³/mol. The van der Waals surface area contributed by atoms with Gasteiger partial charge in [0.1, 0.15) is 0 Å². The molecule has 0 saturated heterocycles. The van der Waals surface area contributed by atoms with E-state index in [4.69, 9.17) is 0 Å². The number of sulfonamides is 1. The molecule has 0 radical (unpaired) electrons. The standard InChI is InChI=1S/C23H29N3O4S/c1-17-7-11-19(12-8-17)25-23(28)22(27)24-16-15-18-9-13-21(14-10-18)31(29,30)26-20-5-3-2-4-6-20/h7-14,20,26H,2-6,15-16H2,1H3,(H,24,27)(H,25,28). The van der Waals surface area contributed by atoms with E-state index in [1.54, 1.807) is 36.4 Å². The number of benzene rings is 2. The van der Waals surface area contributed by atoms with Crippen LogP contribution in [0.3, 0.4) is 0 Å². The Kier molecular flexibility index (Phi) is 7.81. The van der Waals surface area contributed by atoms with Crippen molar-refractivity contribution in [1.29, 1.82) is 0 Å². The molecule has 2 aromatic rings. The zero-order valence-electron chi connectivity index (χ0n) is 17.7. The Bertz CT molecular complexity index is 996. The first kappa shape index (κ1) is 23.0. The van der Waals surface area contributed by atoms with Crippen molar-refractivity contribution in [3.8, 4) is 0 Å². The summed E-state index contributed by atoms with van der Waals surface area (Å²) in [6.07, 6.45) is 5.53. The summed E-state index contributed by atoms with van der Waals surface area (Å²) in [5, 5.41) is 5.13. The van der Waals surface area contributed by atoms with Gasteiger partial charge >= 0.3 is 11.8 Å². The molecule has 0 atom stereocenters. The van der Waals surface area contributed by atoms with E-state index in [-0.39, 0.29) is 17.5 Å². The van der Waals surface area contributed by atoms with Crippen LogP contribution >= 0.6 is 0 Å². The van der Waals surface area contributed by atoms with Crippen molar-refractivity contribution in [3.05, 3.63) is 59.7 Å². The van der Waals surface area contributed by atoms with Crippen molar-refractivity contribution < 1.29 is 18.0 Å². The first-order valence-corrected chi connectivity index (χ1v) is 12.1. The van der Waals surface area contributed by atoms with Crippen molar-refractivity contribution in [2.24, 2.45) is 0 Å². The van der Waals surface area contributed by atoms with Gasteiger partial charge in [0.25, 0.3) is 0 Å². The van der Waals surface area contributed by atoms with Gasteiger partial charge in [-0.3, -0.25) is 9.59 Å². The number of aryl methyl sites for hydroxylation is 1. The topological polar surface area (TPSA) is 104 Å². The Morgan fingerprint density at radius 2 is 1.55 bits per heavy atom. The monoisotopic (exact) mass is 443 g/mol. The minimum absolute atomic E-state index is 0.0136. The number of amides is 2. The van der Waals surface area contributed by atoms with Gasteiger partial charge in [-0.05, 0) is 56.0 Å². The Morgan fingerprint density at radius 3 is 2.19 bits per heavy atom. The zero-order chi connectivity index (χ0) is 22.3. The smallest absolute Gasteiger partial charge is 0.313 e.